The molecule has 20 heavy (non-hydrogen) atoms. The van der Waals surface area contributed by atoms with Gasteiger partial charge in [0.05, 0.1) is 5.54 Å². The maximum absolute atomic E-state index is 12.6. The van der Waals surface area contributed by atoms with Gasteiger partial charge in [0.15, 0.2) is 0 Å². The average molecular weight is 276 g/mol. The average Bonchev–Trinajstić information content (AvgIpc) is 2.32. The smallest absolute Gasteiger partial charge is 0.242 e. The van der Waals surface area contributed by atoms with Gasteiger partial charge in [0.1, 0.15) is 0 Å². The van der Waals surface area contributed by atoms with E-state index in [-0.39, 0.29) is 5.91 Å². The van der Waals surface area contributed by atoms with E-state index in [4.69, 9.17) is 5.73 Å². The van der Waals surface area contributed by atoms with E-state index in [2.05, 4.69) is 0 Å². The number of carbonyl (C=O) groups is 1. The van der Waals surface area contributed by atoms with Crippen LogP contribution >= 0.6 is 0 Å². The molecule has 0 aromatic carbocycles. The predicted octanol–water partition coefficient (Wildman–Crippen LogP) is 2.54. The first kappa shape index (κ1) is 13.1. The summed E-state index contributed by atoms with van der Waals surface area (Å²) in [6.07, 6.45) is 11.4. The van der Waals surface area contributed by atoms with Crippen LogP contribution in [0.3, 0.4) is 0 Å². The highest BCUT2D eigenvalue weighted by atomic mass is 16.2. The Kier molecular flexibility index (Phi) is 2.77. The number of hydrogen-bond acceptors (Lipinski definition) is 2. The number of rotatable bonds is 3. The number of nitrogens with two attached hydrogens (primary N) is 1. The van der Waals surface area contributed by atoms with Crippen molar-refractivity contribution in [2.45, 2.75) is 63.3 Å². The minimum atomic E-state index is -0.517. The van der Waals surface area contributed by atoms with Crippen LogP contribution < -0.4 is 5.73 Å². The van der Waals surface area contributed by atoms with Crippen molar-refractivity contribution in [3.63, 3.8) is 0 Å². The van der Waals surface area contributed by atoms with Crippen LogP contribution in [-0.2, 0) is 4.79 Å². The monoisotopic (exact) mass is 276 g/mol. The molecule has 0 atom stereocenters. The molecule has 112 valence electrons. The molecular weight excluding hydrogens is 248 g/mol. The molecular formula is C17H28N2O. The zero-order chi connectivity index (χ0) is 14.0. The summed E-state index contributed by atoms with van der Waals surface area (Å²) < 4.78 is 0. The summed E-state index contributed by atoms with van der Waals surface area (Å²) in [5.41, 5.74) is 6.15. The summed E-state index contributed by atoms with van der Waals surface area (Å²) in [5, 5.41) is 0. The highest BCUT2D eigenvalue weighted by Crippen LogP contribution is 2.60. The Morgan fingerprint density at radius 1 is 1.10 bits per heavy atom. The standard InChI is InChI=1S/C17H28N2O/c1-19(15(20)17(18)3-2-4-17)11-16-8-12-5-13(9-16)7-14(6-12)10-16/h12-14H,2-11,18H2,1H3. The molecule has 3 heteroatoms. The molecule has 1 amide bonds. The quantitative estimate of drug-likeness (QED) is 0.861. The van der Waals surface area contributed by atoms with Gasteiger partial charge >= 0.3 is 0 Å². The number of likely N-dealkylation sites (N-methyl/N-ethyl adjacent to an activating group) is 1. The lowest BCUT2D eigenvalue weighted by Crippen LogP contribution is -2.61. The Morgan fingerprint density at radius 3 is 2.00 bits per heavy atom. The van der Waals surface area contributed by atoms with Gasteiger partial charge in [-0.05, 0) is 81.0 Å². The molecule has 5 saturated carbocycles. The summed E-state index contributed by atoms with van der Waals surface area (Å²) >= 11 is 0. The van der Waals surface area contributed by atoms with Crippen molar-refractivity contribution in [3.8, 4) is 0 Å². The summed E-state index contributed by atoms with van der Waals surface area (Å²) in [7, 11) is 1.99. The van der Waals surface area contributed by atoms with Crippen LogP contribution in [0.5, 0.6) is 0 Å². The number of carbonyl (C=O) groups excluding carboxylic acids is 1. The van der Waals surface area contributed by atoms with Crippen LogP contribution in [0.2, 0.25) is 0 Å². The lowest BCUT2D eigenvalue weighted by atomic mass is 9.49. The maximum atomic E-state index is 12.6. The van der Waals surface area contributed by atoms with Gasteiger partial charge in [-0.2, -0.15) is 0 Å². The minimum Gasteiger partial charge on any atom is -0.344 e. The minimum absolute atomic E-state index is 0.208. The summed E-state index contributed by atoms with van der Waals surface area (Å²) in [6.45, 7) is 0.967. The van der Waals surface area contributed by atoms with Crippen molar-refractivity contribution in [2.75, 3.05) is 13.6 Å². The highest BCUT2D eigenvalue weighted by Gasteiger charge is 2.52. The molecule has 0 aromatic heterocycles. The predicted molar refractivity (Wildman–Crippen MR) is 79.0 cm³/mol. The van der Waals surface area contributed by atoms with E-state index in [1.165, 1.54) is 38.5 Å². The van der Waals surface area contributed by atoms with E-state index >= 15 is 0 Å². The van der Waals surface area contributed by atoms with Crippen LogP contribution in [0.1, 0.15) is 57.8 Å². The Morgan fingerprint density at radius 2 is 1.60 bits per heavy atom. The van der Waals surface area contributed by atoms with Crippen LogP contribution in [0, 0.1) is 23.2 Å². The second kappa shape index (κ2) is 4.22. The zero-order valence-electron chi connectivity index (χ0n) is 12.7. The third kappa shape index (κ3) is 1.93. The van der Waals surface area contributed by atoms with Gasteiger partial charge in [-0.1, -0.05) is 0 Å². The second-order valence-electron chi connectivity index (χ2n) is 8.59. The van der Waals surface area contributed by atoms with Gasteiger partial charge in [0.25, 0.3) is 0 Å². The third-order valence-corrected chi connectivity index (χ3v) is 6.76. The van der Waals surface area contributed by atoms with Crippen LogP contribution in [0.25, 0.3) is 0 Å². The summed E-state index contributed by atoms with van der Waals surface area (Å²) in [6, 6.07) is 0. The molecule has 2 N–H and O–H groups in total. The van der Waals surface area contributed by atoms with Crippen LogP contribution in [-0.4, -0.2) is 29.9 Å². The molecule has 0 heterocycles. The van der Waals surface area contributed by atoms with Crippen molar-refractivity contribution < 1.29 is 4.79 Å². The second-order valence-corrected chi connectivity index (χ2v) is 8.59. The Labute approximate surface area is 122 Å². The van der Waals surface area contributed by atoms with E-state index in [0.29, 0.717) is 5.41 Å². The number of amides is 1. The topological polar surface area (TPSA) is 46.3 Å². The molecule has 0 spiro atoms. The van der Waals surface area contributed by atoms with Gasteiger partial charge in [-0.25, -0.2) is 0 Å². The third-order valence-electron chi connectivity index (χ3n) is 6.76. The van der Waals surface area contributed by atoms with Crippen LogP contribution in [0.15, 0.2) is 0 Å². The first-order valence-electron chi connectivity index (χ1n) is 8.53. The van der Waals surface area contributed by atoms with E-state index in [0.717, 1.165) is 43.6 Å². The largest absolute Gasteiger partial charge is 0.344 e. The molecule has 0 unspecified atom stereocenters. The van der Waals surface area contributed by atoms with Crippen molar-refractivity contribution >= 4 is 5.91 Å². The Bertz CT molecular complexity index is 391. The summed E-state index contributed by atoms with van der Waals surface area (Å²) in [5.74, 6) is 3.08. The van der Waals surface area contributed by atoms with Crippen molar-refractivity contribution in [1.29, 1.82) is 0 Å². The zero-order valence-corrected chi connectivity index (χ0v) is 12.7. The van der Waals surface area contributed by atoms with Crippen molar-refractivity contribution in [3.05, 3.63) is 0 Å². The molecule has 4 bridgehead atoms. The van der Waals surface area contributed by atoms with Gasteiger partial charge < -0.3 is 10.6 Å². The Hall–Kier alpha value is -0.570. The highest BCUT2D eigenvalue weighted by molar-refractivity contribution is 5.86. The maximum Gasteiger partial charge on any atom is 0.242 e. The van der Waals surface area contributed by atoms with E-state index in [1.807, 2.05) is 11.9 Å². The molecule has 0 saturated heterocycles. The molecule has 5 aliphatic rings. The van der Waals surface area contributed by atoms with Gasteiger partial charge in [0, 0.05) is 13.6 Å². The Balaban J connectivity index is 1.47. The fourth-order valence-corrected chi connectivity index (χ4v) is 6.21. The molecule has 5 fully saturated rings. The van der Waals surface area contributed by atoms with Crippen LogP contribution in [0.4, 0.5) is 0 Å². The van der Waals surface area contributed by atoms with E-state index in [9.17, 15) is 4.79 Å². The van der Waals surface area contributed by atoms with Gasteiger partial charge in [-0.3, -0.25) is 4.79 Å². The van der Waals surface area contributed by atoms with Crippen molar-refractivity contribution in [2.24, 2.45) is 28.9 Å². The molecule has 3 nitrogen and oxygen atoms in total. The fraction of sp³-hybridized carbons (Fsp3) is 0.941. The lowest BCUT2D eigenvalue weighted by molar-refractivity contribution is -0.144. The fourth-order valence-electron chi connectivity index (χ4n) is 6.21. The van der Waals surface area contributed by atoms with Gasteiger partial charge in [-0.15, -0.1) is 0 Å². The first-order chi connectivity index (χ1) is 9.48. The number of nitrogens with zero attached hydrogens (tertiary/aromatic N) is 1. The van der Waals surface area contributed by atoms with Gasteiger partial charge in [0.2, 0.25) is 5.91 Å². The normalized spacial score (nSPS) is 44.2. The molecule has 0 radical (unpaired) electrons. The van der Waals surface area contributed by atoms with Crippen molar-refractivity contribution in [1.82, 2.24) is 4.90 Å². The van der Waals surface area contributed by atoms with E-state index < -0.39 is 5.54 Å². The molecule has 0 aromatic rings. The SMILES string of the molecule is CN(CC12CC3CC(CC(C3)C1)C2)C(=O)C1(N)CCC1. The molecule has 5 rings (SSSR count). The first-order valence-corrected chi connectivity index (χ1v) is 8.53. The molecule has 0 aliphatic heterocycles. The lowest BCUT2D eigenvalue weighted by Gasteiger charge is -2.58. The number of hydrogen-bond donors (Lipinski definition) is 1. The van der Waals surface area contributed by atoms with E-state index in [1.54, 1.807) is 0 Å². The molecule has 5 aliphatic carbocycles. The summed E-state index contributed by atoms with van der Waals surface area (Å²) in [4.78, 5) is 14.6.